The van der Waals surface area contributed by atoms with Crippen LogP contribution in [0.2, 0.25) is 0 Å². The van der Waals surface area contributed by atoms with E-state index in [2.05, 4.69) is 46.3 Å². The number of benzene rings is 3. The molecular weight excluding hydrogens is 474 g/mol. The highest BCUT2D eigenvalue weighted by Crippen LogP contribution is 2.34. The van der Waals surface area contributed by atoms with E-state index in [-0.39, 0.29) is 17.1 Å². The second-order valence-electron chi connectivity index (χ2n) is 7.85. The highest BCUT2D eigenvalue weighted by molar-refractivity contribution is 9.10. The van der Waals surface area contributed by atoms with E-state index >= 15 is 0 Å². The van der Waals surface area contributed by atoms with Crippen LogP contribution in [0.3, 0.4) is 0 Å². The molecule has 0 spiro atoms. The number of carbonyl (C=O) groups is 2. The van der Waals surface area contributed by atoms with Gasteiger partial charge < -0.3 is 4.74 Å². The predicted octanol–water partition coefficient (Wildman–Crippen LogP) is 6.87. The van der Waals surface area contributed by atoms with Crippen molar-refractivity contribution in [2.45, 2.75) is 20.5 Å². The summed E-state index contributed by atoms with van der Waals surface area (Å²) in [4.78, 5) is 26.4. The number of carbonyl (C=O) groups excluding carboxylic acids is 2. The quantitative estimate of drug-likeness (QED) is 0.350. The van der Waals surface area contributed by atoms with Gasteiger partial charge in [0.2, 0.25) is 0 Å². The Hall–Kier alpha value is -2.57. The van der Waals surface area contributed by atoms with E-state index in [1.165, 1.54) is 15.7 Å². The smallest absolute Gasteiger partial charge is 0.293 e. The van der Waals surface area contributed by atoms with E-state index in [0.29, 0.717) is 18.1 Å². The summed E-state index contributed by atoms with van der Waals surface area (Å²) >= 11 is 4.55. The molecule has 31 heavy (non-hydrogen) atoms. The second kappa shape index (κ2) is 9.28. The van der Waals surface area contributed by atoms with Gasteiger partial charge in [0.25, 0.3) is 11.1 Å². The molecule has 0 N–H and O–H groups in total. The zero-order valence-corrected chi connectivity index (χ0v) is 19.7. The third-order valence-corrected chi connectivity index (χ3v) is 6.41. The fourth-order valence-electron chi connectivity index (χ4n) is 3.39. The maximum absolute atomic E-state index is 12.5. The molecule has 1 aliphatic heterocycles. The molecule has 0 saturated carbocycles. The number of hydrogen-bond donors (Lipinski definition) is 0. The molecule has 0 aliphatic carbocycles. The number of imide groups is 1. The number of thioether (sulfide) groups is 1. The van der Waals surface area contributed by atoms with Crippen LogP contribution in [-0.4, -0.2) is 22.6 Å². The summed E-state index contributed by atoms with van der Waals surface area (Å²) < 4.78 is 6.79. The number of rotatable bonds is 6. The molecule has 1 aliphatic rings. The molecule has 3 aromatic rings. The zero-order chi connectivity index (χ0) is 22.0. The Bertz CT molecular complexity index is 1190. The van der Waals surface area contributed by atoms with Crippen LogP contribution >= 0.6 is 27.7 Å². The summed E-state index contributed by atoms with van der Waals surface area (Å²) in [5, 5.41) is 2.18. The molecule has 1 fully saturated rings. The maximum atomic E-state index is 12.5. The molecule has 4 rings (SSSR count). The maximum Gasteiger partial charge on any atom is 0.293 e. The standard InChI is InChI=1S/C25H22BrNO3S/c1-16(2)14-27-24(28)23(31-25(27)29)13-17-8-10-22(21(26)12-17)30-15-18-7-9-19-5-3-4-6-20(19)11-18/h3-13,16H,14-15H2,1-2H3/b23-13-. The van der Waals surface area contributed by atoms with Gasteiger partial charge in [0.1, 0.15) is 12.4 Å². The Morgan fingerprint density at radius 2 is 1.81 bits per heavy atom. The Kier molecular flexibility index (Phi) is 6.49. The highest BCUT2D eigenvalue weighted by Gasteiger charge is 2.35. The molecule has 1 heterocycles. The monoisotopic (exact) mass is 495 g/mol. The van der Waals surface area contributed by atoms with Gasteiger partial charge in [-0.2, -0.15) is 0 Å². The number of ether oxygens (including phenoxy) is 1. The van der Waals surface area contributed by atoms with Gasteiger partial charge in [-0.3, -0.25) is 14.5 Å². The van der Waals surface area contributed by atoms with Crippen molar-refractivity contribution in [3.8, 4) is 5.75 Å². The van der Waals surface area contributed by atoms with E-state index < -0.39 is 0 Å². The van der Waals surface area contributed by atoms with Crippen molar-refractivity contribution in [3.63, 3.8) is 0 Å². The van der Waals surface area contributed by atoms with Gasteiger partial charge in [-0.05, 0) is 79.8 Å². The van der Waals surface area contributed by atoms with Gasteiger partial charge in [-0.1, -0.05) is 56.3 Å². The lowest BCUT2D eigenvalue weighted by Gasteiger charge is -2.14. The fraction of sp³-hybridized carbons (Fsp3) is 0.200. The minimum atomic E-state index is -0.226. The lowest BCUT2D eigenvalue weighted by Crippen LogP contribution is -2.31. The van der Waals surface area contributed by atoms with Crippen molar-refractivity contribution in [1.29, 1.82) is 0 Å². The van der Waals surface area contributed by atoms with Crippen LogP contribution in [0, 0.1) is 5.92 Å². The van der Waals surface area contributed by atoms with E-state index in [9.17, 15) is 9.59 Å². The molecule has 158 valence electrons. The summed E-state index contributed by atoms with van der Waals surface area (Å²) in [5.74, 6) is 0.732. The molecule has 4 nitrogen and oxygen atoms in total. The number of nitrogens with zero attached hydrogens (tertiary/aromatic N) is 1. The summed E-state index contributed by atoms with van der Waals surface area (Å²) in [6.45, 7) is 4.87. The SMILES string of the molecule is CC(C)CN1C(=O)S/C(=C\c2ccc(OCc3ccc4ccccc4c3)c(Br)c2)C1=O. The van der Waals surface area contributed by atoms with Gasteiger partial charge in [0.15, 0.2) is 0 Å². The average Bonchev–Trinajstić information content (AvgIpc) is 3.00. The largest absolute Gasteiger partial charge is 0.488 e. The molecule has 0 bridgehead atoms. The minimum absolute atomic E-state index is 0.209. The molecule has 0 radical (unpaired) electrons. The van der Waals surface area contributed by atoms with Gasteiger partial charge >= 0.3 is 0 Å². The van der Waals surface area contributed by atoms with Crippen molar-refractivity contribution in [1.82, 2.24) is 4.90 Å². The first-order valence-corrected chi connectivity index (χ1v) is 11.7. The summed E-state index contributed by atoms with van der Waals surface area (Å²) in [5.41, 5.74) is 1.92. The average molecular weight is 496 g/mol. The Morgan fingerprint density at radius 3 is 2.55 bits per heavy atom. The van der Waals surface area contributed by atoms with Gasteiger partial charge in [0, 0.05) is 6.54 Å². The third kappa shape index (κ3) is 5.02. The van der Waals surface area contributed by atoms with Crippen molar-refractivity contribution in [2.75, 3.05) is 6.54 Å². The minimum Gasteiger partial charge on any atom is -0.488 e. The van der Waals surface area contributed by atoms with Crippen molar-refractivity contribution >= 4 is 55.7 Å². The Labute approximate surface area is 194 Å². The summed E-state index contributed by atoms with van der Waals surface area (Å²) in [7, 11) is 0. The van der Waals surface area contributed by atoms with Crippen LogP contribution in [0.1, 0.15) is 25.0 Å². The molecular formula is C25H22BrNO3S. The Balaban J connectivity index is 1.46. The molecule has 0 atom stereocenters. The molecule has 2 amide bonds. The molecule has 0 aromatic heterocycles. The van der Waals surface area contributed by atoms with Crippen molar-refractivity contribution < 1.29 is 14.3 Å². The third-order valence-electron chi connectivity index (χ3n) is 4.88. The van der Waals surface area contributed by atoms with Gasteiger partial charge in [-0.25, -0.2) is 0 Å². The highest BCUT2D eigenvalue weighted by atomic mass is 79.9. The molecule has 1 saturated heterocycles. The molecule has 3 aromatic carbocycles. The Morgan fingerprint density at radius 1 is 1.03 bits per heavy atom. The lowest BCUT2D eigenvalue weighted by molar-refractivity contribution is -0.123. The fourth-order valence-corrected chi connectivity index (χ4v) is 4.75. The first-order valence-electron chi connectivity index (χ1n) is 10.1. The van der Waals surface area contributed by atoms with Crippen LogP contribution in [0.15, 0.2) is 70.0 Å². The van der Waals surface area contributed by atoms with E-state index in [4.69, 9.17) is 4.74 Å². The van der Waals surface area contributed by atoms with Crippen LogP contribution in [0.4, 0.5) is 4.79 Å². The van der Waals surface area contributed by atoms with Crippen LogP contribution < -0.4 is 4.74 Å². The van der Waals surface area contributed by atoms with Crippen LogP contribution in [0.25, 0.3) is 16.8 Å². The zero-order valence-electron chi connectivity index (χ0n) is 17.3. The van der Waals surface area contributed by atoms with Crippen LogP contribution in [-0.2, 0) is 11.4 Å². The summed E-state index contributed by atoms with van der Waals surface area (Å²) in [6, 6.07) is 20.2. The molecule has 0 unspecified atom stereocenters. The molecule has 6 heteroatoms. The van der Waals surface area contributed by atoms with Gasteiger partial charge in [0.05, 0.1) is 9.38 Å². The van der Waals surface area contributed by atoms with Crippen LogP contribution in [0.5, 0.6) is 5.75 Å². The van der Waals surface area contributed by atoms with Gasteiger partial charge in [-0.15, -0.1) is 0 Å². The van der Waals surface area contributed by atoms with Crippen molar-refractivity contribution in [2.24, 2.45) is 5.92 Å². The lowest BCUT2D eigenvalue weighted by atomic mass is 10.1. The first-order chi connectivity index (χ1) is 14.9. The predicted molar refractivity (Wildman–Crippen MR) is 130 cm³/mol. The topological polar surface area (TPSA) is 46.6 Å². The number of amides is 2. The number of halogens is 1. The first kappa shape index (κ1) is 21.7. The second-order valence-corrected chi connectivity index (χ2v) is 9.69. The number of fused-ring (bicyclic) bond motifs is 1. The van der Waals surface area contributed by atoms with E-state index in [1.807, 2.05) is 44.2 Å². The summed E-state index contributed by atoms with van der Waals surface area (Å²) in [6.07, 6.45) is 1.75. The van der Waals surface area contributed by atoms with E-state index in [0.717, 1.165) is 33.1 Å². The van der Waals surface area contributed by atoms with E-state index in [1.54, 1.807) is 6.08 Å². The normalized spacial score (nSPS) is 15.5. The number of hydrogen-bond acceptors (Lipinski definition) is 4. The van der Waals surface area contributed by atoms with Crippen molar-refractivity contribution in [3.05, 3.63) is 81.2 Å².